The van der Waals surface area contributed by atoms with Crippen molar-refractivity contribution >= 4 is 5.91 Å². The van der Waals surface area contributed by atoms with E-state index in [1.54, 1.807) is 5.01 Å². The molecule has 1 amide bonds. The lowest BCUT2D eigenvalue weighted by Gasteiger charge is -2.38. The summed E-state index contributed by atoms with van der Waals surface area (Å²) in [7, 11) is 1.89. The zero-order valence-electron chi connectivity index (χ0n) is 9.54. The number of amides is 1. The molecule has 0 aromatic rings. The molecule has 2 saturated heterocycles. The van der Waals surface area contributed by atoms with Crippen LogP contribution in [0.3, 0.4) is 0 Å². The second-order valence-electron chi connectivity index (χ2n) is 4.58. The van der Waals surface area contributed by atoms with Gasteiger partial charge < -0.3 is 5.32 Å². The lowest BCUT2D eigenvalue weighted by atomic mass is 10.0. The zero-order valence-corrected chi connectivity index (χ0v) is 9.54. The fraction of sp³-hybridized carbons (Fsp3) is 0.909. The molecule has 4 heteroatoms. The van der Waals surface area contributed by atoms with Crippen LogP contribution < -0.4 is 5.32 Å². The van der Waals surface area contributed by atoms with Gasteiger partial charge >= 0.3 is 0 Å². The van der Waals surface area contributed by atoms with E-state index in [0.717, 1.165) is 26.1 Å². The van der Waals surface area contributed by atoms with Gasteiger partial charge in [-0.15, -0.1) is 0 Å². The van der Waals surface area contributed by atoms with Crippen LogP contribution in [-0.4, -0.2) is 48.6 Å². The minimum atomic E-state index is 0.261. The summed E-state index contributed by atoms with van der Waals surface area (Å²) in [5.74, 6) is 0.261. The molecule has 0 aromatic heterocycles. The van der Waals surface area contributed by atoms with Gasteiger partial charge in [0.2, 0.25) is 5.91 Å². The van der Waals surface area contributed by atoms with Crippen molar-refractivity contribution in [3.05, 3.63) is 0 Å². The number of carbonyl (C=O) groups is 1. The van der Waals surface area contributed by atoms with Gasteiger partial charge in [-0.25, -0.2) is 5.01 Å². The molecule has 2 aliphatic rings. The van der Waals surface area contributed by atoms with Crippen LogP contribution in [0.15, 0.2) is 0 Å². The normalized spacial score (nSPS) is 29.5. The van der Waals surface area contributed by atoms with Crippen LogP contribution in [0.1, 0.15) is 32.1 Å². The molecule has 2 aliphatic heterocycles. The monoisotopic (exact) mass is 211 g/mol. The highest BCUT2D eigenvalue weighted by Gasteiger charge is 2.25. The maximum atomic E-state index is 11.5. The highest BCUT2D eigenvalue weighted by molar-refractivity contribution is 5.75. The van der Waals surface area contributed by atoms with Gasteiger partial charge in [-0.1, -0.05) is 6.42 Å². The first-order valence-electron chi connectivity index (χ1n) is 6.02. The first-order chi connectivity index (χ1) is 7.27. The summed E-state index contributed by atoms with van der Waals surface area (Å²) in [5.41, 5.74) is 0. The Kier molecular flexibility index (Phi) is 3.59. The molecule has 0 saturated carbocycles. The van der Waals surface area contributed by atoms with E-state index in [1.165, 1.54) is 19.3 Å². The zero-order chi connectivity index (χ0) is 10.7. The Bertz CT molecular complexity index is 226. The molecule has 0 aromatic carbocycles. The van der Waals surface area contributed by atoms with Crippen LogP contribution >= 0.6 is 0 Å². The number of piperidine rings is 1. The van der Waals surface area contributed by atoms with E-state index in [0.29, 0.717) is 12.5 Å². The highest BCUT2D eigenvalue weighted by Crippen LogP contribution is 2.14. The molecule has 0 radical (unpaired) electrons. The van der Waals surface area contributed by atoms with Gasteiger partial charge in [0.1, 0.15) is 0 Å². The third-order valence-corrected chi connectivity index (χ3v) is 3.44. The van der Waals surface area contributed by atoms with Gasteiger partial charge in [0.15, 0.2) is 0 Å². The predicted octanol–water partition coefficient (Wildman–Crippen LogP) is 0.598. The summed E-state index contributed by atoms with van der Waals surface area (Å²) in [6.07, 6.45) is 5.59. The summed E-state index contributed by atoms with van der Waals surface area (Å²) in [6.45, 7) is 3.15. The standard InChI is InChI=1S/C11H21N3O/c1-13-11(15)6-4-8-14(13)9-10-5-2-3-7-12-10/h10,12H,2-9H2,1H3. The maximum Gasteiger partial charge on any atom is 0.236 e. The van der Waals surface area contributed by atoms with E-state index in [4.69, 9.17) is 0 Å². The van der Waals surface area contributed by atoms with E-state index < -0.39 is 0 Å². The van der Waals surface area contributed by atoms with E-state index in [9.17, 15) is 4.79 Å². The Morgan fingerprint density at radius 3 is 3.00 bits per heavy atom. The Morgan fingerprint density at radius 2 is 2.27 bits per heavy atom. The summed E-state index contributed by atoms with van der Waals surface area (Å²) in [4.78, 5) is 11.5. The quantitative estimate of drug-likeness (QED) is 0.726. The van der Waals surface area contributed by atoms with Crippen LogP contribution in [0.25, 0.3) is 0 Å². The van der Waals surface area contributed by atoms with Gasteiger partial charge in [0.05, 0.1) is 0 Å². The van der Waals surface area contributed by atoms with Crippen molar-refractivity contribution in [1.29, 1.82) is 0 Å². The third kappa shape index (κ3) is 2.69. The summed E-state index contributed by atoms with van der Waals surface area (Å²) in [6, 6.07) is 0.576. The van der Waals surface area contributed by atoms with E-state index in [2.05, 4.69) is 10.3 Å². The number of nitrogens with one attached hydrogen (secondary N) is 1. The van der Waals surface area contributed by atoms with Crippen molar-refractivity contribution in [2.24, 2.45) is 0 Å². The Morgan fingerprint density at radius 1 is 1.40 bits per heavy atom. The van der Waals surface area contributed by atoms with E-state index in [-0.39, 0.29) is 5.91 Å². The molecule has 1 N–H and O–H groups in total. The van der Waals surface area contributed by atoms with Gasteiger partial charge in [-0.2, -0.15) is 0 Å². The summed E-state index contributed by atoms with van der Waals surface area (Å²) in [5, 5.41) is 7.52. The second-order valence-corrected chi connectivity index (χ2v) is 4.58. The molecule has 0 bridgehead atoms. The minimum absolute atomic E-state index is 0.261. The van der Waals surface area contributed by atoms with Crippen molar-refractivity contribution < 1.29 is 4.79 Å². The smallest absolute Gasteiger partial charge is 0.236 e. The fourth-order valence-electron chi connectivity index (χ4n) is 2.43. The van der Waals surface area contributed by atoms with E-state index in [1.807, 2.05) is 7.05 Å². The second kappa shape index (κ2) is 4.94. The Hall–Kier alpha value is -0.610. The van der Waals surface area contributed by atoms with Crippen LogP contribution in [0, 0.1) is 0 Å². The van der Waals surface area contributed by atoms with Crippen LogP contribution in [0.4, 0.5) is 0 Å². The lowest BCUT2D eigenvalue weighted by Crippen LogP contribution is -2.53. The molecule has 2 rings (SSSR count). The molecule has 0 aliphatic carbocycles. The number of hydrogen-bond donors (Lipinski definition) is 1. The maximum absolute atomic E-state index is 11.5. The van der Waals surface area contributed by atoms with E-state index >= 15 is 0 Å². The number of hydrogen-bond acceptors (Lipinski definition) is 3. The van der Waals surface area contributed by atoms with Crippen LogP contribution in [-0.2, 0) is 4.79 Å². The Labute approximate surface area is 91.6 Å². The molecular formula is C11H21N3O. The molecule has 1 atom stereocenters. The molecule has 15 heavy (non-hydrogen) atoms. The van der Waals surface area contributed by atoms with Crippen molar-refractivity contribution in [2.75, 3.05) is 26.7 Å². The molecule has 2 fully saturated rings. The number of hydrazine groups is 1. The third-order valence-electron chi connectivity index (χ3n) is 3.44. The largest absolute Gasteiger partial charge is 0.313 e. The Balaban J connectivity index is 1.84. The molecule has 4 nitrogen and oxygen atoms in total. The lowest BCUT2D eigenvalue weighted by molar-refractivity contribution is -0.152. The SMILES string of the molecule is CN1C(=O)CCCN1CC1CCCCN1. The first-order valence-corrected chi connectivity index (χ1v) is 6.02. The molecule has 86 valence electrons. The highest BCUT2D eigenvalue weighted by atomic mass is 16.2. The number of carbonyl (C=O) groups excluding carboxylic acids is 1. The molecular weight excluding hydrogens is 190 g/mol. The number of nitrogens with zero attached hydrogens (tertiary/aromatic N) is 2. The average molecular weight is 211 g/mol. The van der Waals surface area contributed by atoms with Crippen molar-refractivity contribution in [3.8, 4) is 0 Å². The predicted molar refractivity (Wildman–Crippen MR) is 59.2 cm³/mol. The average Bonchev–Trinajstić information content (AvgIpc) is 2.26. The molecule has 1 unspecified atom stereocenters. The summed E-state index contributed by atoms with van der Waals surface area (Å²) >= 11 is 0. The topological polar surface area (TPSA) is 35.6 Å². The van der Waals surface area contributed by atoms with Crippen LogP contribution in [0.2, 0.25) is 0 Å². The van der Waals surface area contributed by atoms with Crippen molar-refractivity contribution in [1.82, 2.24) is 15.3 Å². The van der Waals surface area contributed by atoms with Crippen LogP contribution in [0.5, 0.6) is 0 Å². The van der Waals surface area contributed by atoms with Gasteiger partial charge in [-0.3, -0.25) is 9.80 Å². The fourth-order valence-corrected chi connectivity index (χ4v) is 2.43. The molecule has 0 spiro atoms. The van der Waals surface area contributed by atoms with Gasteiger partial charge in [0, 0.05) is 32.6 Å². The first kappa shape index (κ1) is 10.9. The number of rotatable bonds is 2. The summed E-state index contributed by atoms with van der Waals surface area (Å²) < 4.78 is 0. The van der Waals surface area contributed by atoms with Gasteiger partial charge in [-0.05, 0) is 25.8 Å². The van der Waals surface area contributed by atoms with Crippen molar-refractivity contribution in [3.63, 3.8) is 0 Å². The van der Waals surface area contributed by atoms with Crippen molar-refractivity contribution in [2.45, 2.75) is 38.1 Å². The van der Waals surface area contributed by atoms with Gasteiger partial charge in [0.25, 0.3) is 0 Å². The minimum Gasteiger partial charge on any atom is -0.313 e. The molecule has 2 heterocycles.